The van der Waals surface area contributed by atoms with Crippen LogP contribution in [-0.2, 0) is 4.79 Å². The Morgan fingerprint density at radius 1 is 1.38 bits per heavy atom. The van der Waals surface area contributed by atoms with Gasteiger partial charge in [0.2, 0.25) is 5.44 Å². The molecular weight excluding hydrogens is 195 g/mol. The van der Waals surface area contributed by atoms with Crippen molar-refractivity contribution in [3.05, 3.63) is 30.1 Å². The van der Waals surface area contributed by atoms with Crippen LogP contribution in [0.3, 0.4) is 0 Å². The first-order valence-electron chi connectivity index (χ1n) is 3.42. The summed E-state index contributed by atoms with van der Waals surface area (Å²) in [5, 5.41) is 17.3. The van der Waals surface area contributed by atoms with Gasteiger partial charge in [-0.25, -0.2) is 9.18 Å². The van der Waals surface area contributed by atoms with E-state index in [0.29, 0.717) is 4.90 Å². The van der Waals surface area contributed by atoms with Crippen molar-refractivity contribution < 1.29 is 19.4 Å². The number of hydrogen-bond donors (Lipinski definition) is 2. The summed E-state index contributed by atoms with van der Waals surface area (Å²) in [7, 11) is 0. The smallest absolute Gasteiger partial charge is 0.343 e. The van der Waals surface area contributed by atoms with Gasteiger partial charge < -0.3 is 10.2 Å². The second-order valence-electron chi connectivity index (χ2n) is 2.26. The molecule has 1 unspecified atom stereocenters. The van der Waals surface area contributed by atoms with Gasteiger partial charge in [-0.2, -0.15) is 0 Å². The zero-order valence-electron chi connectivity index (χ0n) is 6.48. The molecule has 0 spiro atoms. The van der Waals surface area contributed by atoms with Crippen LogP contribution in [0.15, 0.2) is 29.2 Å². The molecule has 0 fully saturated rings. The highest BCUT2D eigenvalue weighted by Gasteiger charge is 2.13. The summed E-state index contributed by atoms with van der Waals surface area (Å²) in [6.45, 7) is 0. The average molecular weight is 202 g/mol. The summed E-state index contributed by atoms with van der Waals surface area (Å²) in [5.41, 5.74) is -1.51. The highest BCUT2D eigenvalue weighted by atomic mass is 32.2. The van der Waals surface area contributed by atoms with Gasteiger partial charge in [0.1, 0.15) is 5.82 Å². The Hall–Kier alpha value is -1.07. The molecule has 0 bridgehead atoms. The highest BCUT2D eigenvalue weighted by molar-refractivity contribution is 8.00. The van der Waals surface area contributed by atoms with Gasteiger partial charge in [0.15, 0.2) is 0 Å². The second kappa shape index (κ2) is 4.25. The van der Waals surface area contributed by atoms with E-state index in [1.165, 1.54) is 24.3 Å². The molecule has 0 saturated heterocycles. The van der Waals surface area contributed by atoms with Crippen LogP contribution in [0.1, 0.15) is 0 Å². The average Bonchev–Trinajstić information content (AvgIpc) is 2.08. The summed E-state index contributed by atoms with van der Waals surface area (Å²) >= 11 is 0.750. The van der Waals surface area contributed by atoms with Crippen molar-refractivity contribution in [1.29, 1.82) is 0 Å². The van der Waals surface area contributed by atoms with Gasteiger partial charge in [-0.3, -0.25) is 0 Å². The minimum Gasteiger partial charge on any atom is -0.479 e. The fourth-order valence-electron chi connectivity index (χ4n) is 0.692. The number of carboxylic acid groups (broad SMARTS) is 1. The van der Waals surface area contributed by atoms with Gasteiger partial charge in [0.25, 0.3) is 0 Å². The predicted octanol–water partition coefficient (Wildman–Crippen LogP) is 1.32. The maximum atomic E-state index is 12.4. The summed E-state index contributed by atoms with van der Waals surface area (Å²) in [4.78, 5) is 10.7. The Balaban J connectivity index is 2.64. The third-order valence-electron chi connectivity index (χ3n) is 1.27. The van der Waals surface area contributed by atoms with E-state index >= 15 is 0 Å². The fraction of sp³-hybridized carbons (Fsp3) is 0.125. The number of carboxylic acids is 1. The monoisotopic (exact) mass is 202 g/mol. The lowest BCUT2D eigenvalue weighted by Gasteiger charge is -2.03. The number of aliphatic hydroxyl groups excluding tert-OH is 1. The molecular formula is C8H7FO3S. The van der Waals surface area contributed by atoms with Crippen LogP contribution in [0.5, 0.6) is 0 Å². The lowest BCUT2D eigenvalue weighted by molar-refractivity contribution is -0.141. The van der Waals surface area contributed by atoms with E-state index in [-0.39, 0.29) is 0 Å². The van der Waals surface area contributed by atoms with Crippen LogP contribution in [0, 0.1) is 5.82 Å². The molecule has 0 radical (unpaired) electrons. The van der Waals surface area contributed by atoms with Crippen molar-refractivity contribution in [3.63, 3.8) is 0 Å². The maximum absolute atomic E-state index is 12.4. The normalized spacial score (nSPS) is 12.5. The first-order valence-corrected chi connectivity index (χ1v) is 4.30. The number of aliphatic hydroxyl groups is 1. The van der Waals surface area contributed by atoms with Crippen LogP contribution in [0.25, 0.3) is 0 Å². The Bertz CT molecular complexity index is 299. The molecule has 5 heteroatoms. The maximum Gasteiger partial charge on any atom is 0.343 e. The van der Waals surface area contributed by atoms with E-state index in [1.54, 1.807) is 0 Å². The molecule has 1 aromatic rings. The summed E-state index contributed by atoms with van der Waals surface area (Å²) in [5.74, 6) is -1.71. The quantitative estimate of drug-likeness (QED) is 0.573. The number of benzene rings is 1. The molecule has 2 N–H and O–H groups in total. The van der Waals surface area contributed by atoms with E-state index in [9.17, 15) is 9.18 Å². The first kappa shape index (κ1) is 10.0. The lowest BCUT2D eigenvalue weighted by Crippen LogP contribution is -2.14. The van der Waals surface area contributed by atoms with Gasteiger partial charge >= 0.3 is 5.97 Å². The third kappa shape index (κ3) is 3.04. The third-order valence-corrected chi connectivity index (χ3v) is 2.24. The molecule has 1 aromatic carbocycles. The summed E-state index contributed by atoms with van der Waals surface area (Å²) < 4.78 is 12.4. The van der Waals surface area contributed by atoms with Crippen molar-refractivity contribution in [3.8, 4) is 0 Å². The highest BCUT2D eigenvalue weighted by Crippen LogP contribution is 2.21. The Morgan fingerprint density at radius 3 is 2.38 bits per heavy atom. The van der Waals surface area contributed by atoms with Crippen LogP contribution in [0.4, 0.5) is 4.39 Å². The van der Waals surface area contributed by atoms with Gasteiger partial charge in [-0.15, -0.1) is 0 Å². The minimum atomic E-state index is -1.51. The molecule has 13 heavy (non-hydrogen) atoms. The molecule has 3 nitrogen and oxygen atoms in total. The predicted molar refractivity (Wildman–Crippen MR) is 45.9 cm³/mol. The van der Waals surface area contributed by atoms with E-state index in [2.05, 4.69) is 0 Å². The van der Waals surface area contributed by atoms with Crippen LogP contribution >= 0.6 is 11.8 Å². The lowest BCUT2D eigenvalue weighted by atomic mass is 10.4. The Kier molecular flexibility index (Phi) is 3.27. The van der Waals surface area contributed by atoms with Crippen molar-refractivity contribution in [2.75, 3.05) is 0 Å². The molecule has 0 aliphatic rings. The van der Waals surface area contributed by atoms with Crippen LogP contribution < -0.4 is 0 Å². The van der Waals surface area contributed by atoms with Gasteiger partial charge in [0.05, 0.1) is 0 Å². The number of hydrogen-bond acceptors (Lipinski definition) is 3. The Labute approximate surface area is 78.2 Å². The van der Waals surface area contributed by atoms with E-state index in [4.69, 9.17) is 10.2 Å². The van der Waals surface area contributed by atoms with E-state index in [0.717, 1.165) is 11.8 Å². The molecule has 0 aliphatic heterocycles. The van der Waals surface area contributed by atoms with Crippen LogP contribution in [0.2, 0.25) is 0 Å². The van der Waals surface area contributed by atoms with Crippen molar-refractivity contribution >= 4 is 17.7 Å². The molecule has 1 atom stereocenters. The topological polar surface area (TPSA) is 57.5 Å². The number of thioether (sulfide) groups is 1. The number of carbonyl (C=O) groups is 1. The zero-order chi connectivity index (χ0) is 9.84. The molecule has 0 amide bonds. The van der Waals surface area contributed by atoms with E-state index < -0.39 is 17.2 Å². The SMILES string of the molecule is O=C(O)C(O)Sc1ccc(F)cc1. The molecule has 0 aromatic heterocycles. The number of halogens is 1. The van der Waals surface area contributed by atoms with Gasteiger partial charge in [-0.05, 0) is 24.3 Å². The fourth-order valence-corrected chi connectivity index (χ4v) is 1.34. The van der Waals surface area contributed by atoms with Gasteiger partial charge in [-0.1, -0.05) is 11.8 Å². The van der Waals surface area contributed by atoms with Crippen molar-refractivity contribution in [2.45, 2.75) is 10.3 Å². The van der Waals surface area contributed by atoms with Crippen molar-refractivity contribution in [1.82, 2.24) is 0 Å². The molecule has 70 valence electrons. The molecule has 0 aliphatic carbocycles. The van der Waals surface area contributed by atoms with Crippen LogP contribution in [-0.4, -0.2) is 21.6 Å². The molecule has 1 rings (SSSR count). The molecule has 0 saturated carbocycles. The number of aliphatic carboxylic acids is 1. The van der Waals surface area contributed by atoms with E-state index in [1.807, 2.05) is 0 Å². The zero-order valence-corrected chi connectivity index (χ0v) is 7.29. The standard InChI is InChI=1S/C8H7FO3S/c9-5-1-3-6(4-2-5)13-8(12)7(10)11/h1-4,8,12H,(H,10,11). The largest absolute Gasteiger partial charge is 0.479 e. The first-order chi connectivity index (χ1) is 6.09. The summed E-state index contributed by atoms with van der Waals surface area (Å²) in [6, 6.07) is 5.23. The second-order valence-corrected chi connectivity index (χ2v) is 3.42. The Morgan fingerprint density at radius 2 is 1.92 bits per heavy atom. The minimum absolute atomic E-state index is 0.394. The van der Waals surface area contributed by atoms with Gasteiger partial charge in [0, 0.05) is 4.90 Å². The number of rotatable bonds is 3. The molecule has 0 heterocycles. The summed E-state index contributed by atoms with van der Waals surface area (Å²) in [6.07, 6.45) is 0. The van der Waals surface area contributed by atoms with Crippen molar-refractivity contribution in [2.24, 2.45) is 0 Å².